The van der Waals surface area contributed by atoms with Gasteiger partial charge in [0.15, 0.2) is 0 Å². The van der Waals surface area contributed by atoms with Gasteiger partial charge in [-0.1, -0.05) is 41.4 Å². The number of hydrogen-bond acceptors (Lipinski definition) is 2. The first-order valence-corrected chi connectivity index (χ1v) is 6.85. The third kappa shape index (κ3) is 3.99. The van der Waals surface area contributed by atoms with Crippen molar-refractivity contribution in [2.45, 2.75) is 20.8 Å². The first-order chi connectivity index (χ1) is 9.38. The van der Waals surface area contributed by atoms with Gasteiger partial charge in [-0.2, -0.15) is 0 Å². The van der Waals surface area contributed by atoms with Crippen molar-refractivity contribution in [3.8, 4) is 0 Å². The van der Waals surface area contributed by atoms with Crippen molar-refractivity contribution in [3.63, 3.8) is 0 Å². The van der Waals surface area contributed by atoms with Gasteiger partial charge in [-0.3, -0.25) is 9.59 Å². The van der Waals surface area contributed by atoms with Crippen LogP contribution in [0, 0.1) is 13.8 Å². The molecule has 0 heterocycles. The second-order valence-corrected chi connectivity index (χ2v) is 4.96. The minimum Gasteiger partial charge on any atom is -0.352 e. The van der Waals surface area contributed by atoms with Crippen molar-refractivity contribution in [1.82, 2.24) is 5.32 Å². The molecule has 1 aromatic carbocycles. The largest absolute Gasteiger partial charge is 0.352 e. The third-order valence-electron chi connectivity index (χ3n) is 2.65. The molecule has 1 rings (SSSR count). The monoisotopic (exact) mass is 314 g/mol. The molecule has 0 atom stereocenters. The number of amides is 2. The van der Waals surface area contributed by atoms with Gasteiger partial charge in [-0.05, 0) is 31.9 Å². The Hall–Kier alpha value is -1.52. The van der Waals surface area contributed by atoms with Crippen LogP contribution in [0.5, 0.6) is 0 Å². The van der Waals surface area contributed by atoms with Crippen LogP contribution in [0.25, 0.3) is 0 Å². The number of halogens is 2. The summed E-state index contributed by atoms with van der Waals surface area (Å²) in [4.78, 5) is 23.5. The SMILES string of the molecule is CCNC(=O)/C(Cl)=C(/Cl)C(=O)Nc1c(C)cccc1C. The number of likely N-dealkylation sites (N-methyl/N-ethyl adjacent to an activating group) is 1. The summed E-state index contributed by atoms with van der Waals surface area (Å²) in [5.74, 6) is -1.18. The Bertz CT molecular complexity index is 548. The van der Waals surface area contributed by atoms with Crippen molar-refractivity contribution >= 4 is 40.7 Å². The van der Waals surface area contributed by atoms with Crippen LogP contribution in [-0.4, -0.2) is 18.4 Å². The van der Waals surface area contributed by atoms with Crippen molar-refractivity contribution in [3.05, 3.63) is 39.4 Å². The van der Waals surface area contributed by atoms with E-state index in [4.69, 9.17) is 23.2 Å². The van der Waals surface area contributed by atoms with Gasteiger partial charge in [-0.15, -0.1) is 0 Å². The lowest BCUT2D eigenvalue weighted by atomic mass is 10.1. The smallest absolute Gasteiger partial charge is 0.268 e. The van der Waals surface area contributed by atoms with Crippen LogP contribution in [0.3, 0.4) is 0 Å². The fraction of sp³-hybridized carbons (Fsp3) is 0.286. The van der Waals surface area contributed by atoms with E-state index in [1.165, 1.54) is 0 Å². The maximum absolute atomic E-state index is 12.0. The zero-order valence-corrected chi connectivity index (χ0v) is 13.0. The molecule has 0 aliphatic carbocycles. The Morgan fingerprint density at radius 3 is 2.05 bits per heavy atom. The van der Waals surface area contributed by atoms with Gasteiger partial charge in [0.25, 0.3) is 11.8 Å². The van der Waals surface area contributed by atoms with E-state index >= 15 is 0 Å². The number of carbonyl (C=O) groups is 2. The molecule has 0 saturated heterocycles. The molecular formula is C14H16Cl2N2O2. The van der Waals surface area contributed by atoms with Crippen LogP contribution in [0.15, 0.2) is 28.3 Å². The predicted molar refractivity (Wildman–Crippen MR) is 82.0 cm³/mol. The predicted octanol–water partition coefficient (Wildman–Crippen LogP) is 3.07. The molecule has 0 spiro atoms. The second kappa shape index (κ2) is 7.31. The average Bonchev–Trinajstić information content (AvgIpc) is 2.41. The van der Waals surface area contributed by atoms with Crippen molar-refractivity contribution in [2.75, 3.05) is 11.9 Å². The molecule has 0 aromatic heterocycles. The molecule has 6 heteroatoms. The third-order valence-corrected chi connectivity index (χ3v) is 3.47. The lowest BCUT2D eigenvalue weighted by Crippen LogP contribution is -2.25. The molecule has 1 aromatic rings. The van der Waals surface area contributed by atoms with E-state index in [1.54, 1.807) is 6.92 Å². The molecule has 0 aliphatic heterocycles. The van der Waals surface area contributed by atoms with E-state index in [0.29, 0.717) is 12.2 Å². The molecule has 0 bridgehead atoms. The van der Waals surface area contributed by atoms with Gasteiger partial charge in [0, 0.05) is 12.2 Å². The van der Waals surface area contributed by atoms with Crippen LogP contribution >= 0.6 is 23.2 Å². The van der Waals surface area contributed by atoms with E-state index in [2.05, 4.69) is 10.6 Å². The number of carbonyl (C=O) groups excluding carboxylic acids is 2. The summed E-state index contributed by atoms with van der Waals surface area (Å²) in [6.07, 6.45) is 0. The highest BCUT2D eigenvalue weighted by molar-refractivity contribution is 6.54. The number of nitrogens with one attached hydrogen (secondary N) is 2. The maximum Gasteiger partial charge on any atom is 0.268 e. The Morgan fingerprint density at radius 2 is 1.55 bits per heavy atom. The summed E-state index contributed by atoms with van der Waals surface area (Å²) in [7, 11) is 0. The lowest BCUT2D eigenvalue weighted by Gasteiger charge is -2.11. The van der Waals surface area contributed by atoms with Crippen molar-refractivity contribution in [2.24, 2.45) is 0 Å². The summed E-state index contributed by atoms with van der Waals surface area (Å²) in [5.41, 5.74) is 2.46. The number of anilines is 1. The molecule has 108 valence electrons. The average molecular weight is 315 g/mol. The minimum atomic E-state index is -0.611. The number of benzene rings is 1. The number of hydrogen-bond donors (Lipinski definition) is 2. The first-order valence-electron chi connectivity index (χ1n) is 6.09. The summed E-state index contributed by atoms with van der Waals surface area (Å²) in [6.45, 7) is 5.88. The lowest BCUT2D eigenvalue weighted by molar-refractivity contribution is -0.117. The molecule has 0 aliphatic rings. The summed E-state index contributed by atoms with van der Waals surface area (Å²) in [6, 6.07) is 5.62. The molecule has 0 radical (unpaired) electrons. The quantitative estimate of drug-likeness (QED) is 0.839. The van der Waals surface area contributed by atoms with Gasteiger partial charge in [-0.25, -0.2) is 0 Å². The van der Waals surface area contributed by atoms with Gasteiger partial charge in [0.1, 0.15) is 10.1 Å². The number of aryl methyl sites for hydroxylation is 2. The van der Waals surface area contributed by atoms with Crippen LogP contribution in [-0.2, 0) is 9.59 Å². The zero-order chi connectivity index (χ0) is 15.3. The molecule has 0 saturated carbocycles. The topological polar surface area (TPSA) is 58.2 Å². The highest BCUT2D eigenvalue weighted by Crippen LogP contribution is 2.22. The highest BCUT2D eigenvalue weighted by Gasteiger charge is 2.18. The van der Waals surface area contributed by atoms with Crippen LogP contribution in [0.2, 0.25) is 0 Å². The highest BCUT2D eigenvalue weighted by atomic mass is 35.5. The van der Waals surface area contributed by atoms with Crippen molar-refractivity contribution in [1.29, 1.82) is 0 Å². The van der Waals surface area contributed by atoms with Gasteiger partial charge in [0.2, 0.25) is 0 Å². The normalized spacial score (nSPS) is 11.7. The molecule has 20 heavy (non-hydrogen) atoms. The molecule has 0 unspecified atom stereocenters. The Balaban J connectivity index is 2.96. The summed E-state index contributed by atoms with van der Waals surface area (Å²) < 4.78 is 0. The molecule has 4 nitrogen and oxygen atoms in total. The maximum atomic E-state index is 12.0. The van der Waals surface area contributed by atoms with Gasteiger partial charge >= 0.3 is 0 Å². The Kier molecular flexibility index (Phi) is 6.05. The fourth-order valence-corrected chi connectivity index (χ4v) is 1.90. The van der Waals surface area contributed by atoms with E-state index in [1.807, 2.05) is 32.0 Å². The van der Waals surface area contributed by atoms with E-state index < -0.39 is 11.8 Å². The number of para-hydroxylation sites is 1. The first kappa shape index (κ1) is 16.5. The molecule has 0 fully saturated rings. The Labute approximate surface area is 128 Å². The minimum absolute atomic E-state index is 0.322. The standard InChI is InChI=1S/C14H16Cl2N2O2/c1-4-17-13(19)10(15)11(16)14(20)18-12-8(2)6-5-7-9(12)3/h5-7H,4H2,1-3H3,(H,17,19)(H,18,20)/b11-10-. The van der Waals surface area contributed by atoms with Crippen molar-refractivity contribution < 1.29 is 9.59 Å². The molecule has 2 N–H and O–H groups in total. The van der Waals surface area contributed by atoms with Crippen LogP contribution < -0.4 is 10.6 Å². The van der Waals surface area contributed by atoms with Gasteiger partial charge < -0.3 is 10.6 Å². The summed E-state index contributed by atoms with van der Waals surface area (Å²) in [5, 5.41) is 4.48. The van der Waals surface area contributed by atoms with E-state index in [-0.39, 0.29) is 10.1 Å². The van der Waals surface area contributed by atoms with E-state index in [0.717, 1.165) is 11.1 Å². The van der Waals surface area contributed by atoms with Crippen LogP contribution in [0.4, 0.5) is 5.69 Å². The van der Waals surface area contributed by atoms with E-state index in [9.17, 15) is 9.59 Å². The molecule has 2 amide bonds. The zero-order valence-electron chi connectivity index (χ0n) is 11.5. The van der Waals surface area contributed by atoms with Gasteiger partial charge in [0.05, 0.1) is 0 Å². The van der Waals surface area contributed by atoms with Crippen LogP contribution in [0.1, 0.15) is 18.1 Å². The Morgan fingerprint density at radius 1 is 1.05 bits per heavy atom. The summed E-state index contributed by atoms with van der Waals surface area (Å²) >= 11 is 11.6. The number of rotatable bonds is 4. The molecular weight excluding hydrogens is 299 g/mol. The second-order valence-electron chi connectivity index (χ2n) is 4.21. The fourth-order valence-electron chi connectivity index (χ4n) is 1.62.